The van der Waals surface area contributed by atoms with Gasteiger partial charge in [-0.3, -0.25) is 0 Å². The highest BCUT2D eigenvalue weighted by Gasteiger charge is 2.44. The molecule has 0 fully saturated rings. The standard InChI is InChI=1S/C82H54BN9/c1-82(2,3)62-32-38-66-67-45-60(31-42-71(67)92(73(66)48-62)72-41-26-52(50-84)43-68(72)81-88-79(58-21-13-7-14-22-58)87-80(89-81)59-23-15-8-16-24-59)61-46-76-78-77(47-61)91(65-36-29-57(30-37-65)55-19-11-6-12-20-55)75-49-63(86-4)33-40-70(75)83(78)69-39-25-53(51-85)44-74(69)90(76)64-34-27-56(28-35-64)54-17-9-5-10-18-54/h5-49H,1-3H3. The SMILES string of the molecule is [C-]#[N+]c1ccc2c(c1)N(c1ccc(-c3ccccc3)cc1)c1cc(-c3ccc4c(c3)c3ccc(C(C)(C)C)cc3n4-c3ccc(C#N)cc3-c3nc(-c4ccccc4)nc(-c4ccccc4)n3)cc3c1B2c1ccc(C#N)cc1N3c1ccc(-c2ccccc2)cc1. The molecule has 0 bridgehead atoms. The lowest BCUT2D eigenvalue weighted by molar-refractivity contribution is 0.591. The molecule has 16 rings (SSSR count). The molecule has 4 heterocycles. The molecule has 0 spiro atoms. The van der Waals surface area contributed by atoms with Gasteiger partial charge in [-0.25, -0.2) is 19.8 Å². The van der Waals surface area contributed by atoms with Gasteiger partial charge in [0.15, 0.2) is 23.2 Å². The van der Waals surface area contributed by atoms with Crippen LogP contribution in [0.2, 0.25) is 0 Å². The summed E-state index contributed by atoms with van der Waals surface area (Å²) in [4.78, 5) is 24.2. The molecule has 12 aromatic carbocycles. The van der Waals surface area contributed by atoms with Gasteiger partial charge >= 0.3 is 0 Å². The first-order valence-electron chi connectivity index (χ1n) is 30.7. The van der Waals surface area contributed by atoms with Crippen molar-refractivity contribution in [1.29, 1.82) is 10.5 Å². The van der Waals surface area contributed by atoms with Crippen molar-refractivity contribution < 1.29 is 0 Å². The number of nitrogens with zero attached hydrogens (tertiary/aromatic N) is 9. The Bertz CT molecular complexity index is 5180. The monoisotopic (exact) mass is 1180 g/mol. The van der Waals surface area contributed by atoms with E-state index in [-0.39, 0.29) is 12.1 Å². The van der Waals surface area contributed by atoms with Crippen LogP contribution in [-0.2, 0) is 5.41 Å². The lowest BCUT2D eigenvalue weighted by atomic mass is 9.33. The molecule has 2 aliphatic rings. The summed E-state index contributed by atoms with van der Waals surface area (Å²) >= 11 is 0. The fourth-order valence-corrected chi connectivity index (χ4v) is 13.5. The summed E-state index contributed by atoms with van der Waals surface area (Å²) in [5.74, 6) is 1.49. The predicted molar refractivity (Wildman–Crippen MR) is 375 cm³/mol. The number of fused-ring (bicyclic) bond motifs is 7. The molecule has 0 saturated carbocycles. The summed E-state index contributed by atoms with van der Waals surface area (Å²) in [5, 5.41) is 23.3. The molecule has 0 radical (unpaired) electrons. The molecular formula is C82H54BN9. The van der Waals surface area contributed by atoms with Crippen LogP contribution >= 0.6 is 0 Å². The second kappa shape index (κ2) is 22.0. The van der Waals surface area contributed by atoms with Crippen LogP contribution in [0.1, 0.15) is 37.5 Å². The molecule has 0 amide bonds. The van der Waals surface area contributed by atoms with Crippen LogP contribution < -0.4 is 26.2 Å². The van der Waals surface area contributed by atoms with Crippen molar-refractivity contribution >= 4 is 84.7 Å². The smallest absolute Gasteiger partial charge is 0.251 e. The maximum Gasteiger partial charge on any atom is 0.251 e. The Labute approximate surface area is 534 Å². The van der Waals surface area contributed by atoms with Crippen molar-refractivity contribution in [3.8, 4) is 85.4 Å². The van der Waals surface area contributed by atoms with Gasteiger partial charge in [-0.05, 0) is 152 Å². The minimum absolute atomic E-state index is 0.192. The average molecular weight is 1180 g/mol. The molecule has 0 N–H and O–H groups in total. The Balaban J connectivity index is 0.954. The zero-order chi connectivity index (χ0) is 62.2. The molecule has 92 heavy (non-hydrogen) atoms. The van der Waals surface area contributed by atoms with Crippen LogP contribution in [0.4, 0.5) is 39.8 Å². The largest absolute Gasteiger partial charge is 0.313 e. The zero-order valence-corrected chi connectivity index (χ0v) is 50.6. The first-order valence-corrected chi connectivity index (χ1v) is 30.7. The van der Waals surface area contributed by atoms with E-state index in [1.54, 1.807) is 0 Å². The fraction of sp³-hybridized carbons (Fsp3) is 0.0488. The van der Waals surface area contributed by atoms with Crippen molar-refractivity contribution in [2.24, 2.45) is 0 Å². The van der Waals surface area contributed by atoms with E-state index in [0.717, 1.165) is 123 Å². The van der Waals surface area contributed by atoms with Crippen LogP contribution in [0.5, 0.6) is 0 Å². The maximum atomic E-state index is 10.7. The number of hydrogen-bond acceptors (Lipinski definition) is 7. The first kappa shape index (κ1) is 54.9. The Morgan fingerprint density at radius 2 is 0.880 bits per heavy atom. The van der Waals surface area contributed by atoms with Crippen LogP contribution in [0, 0.1) is 29.2 Å². The Morgan fingerprint density at radius 3 is 1.42 bits per heavy atom. The summed E-state index contributed by atoms with van der Waals surface area (Å²) in [7, 11) is 0. The highest BCUT2D eigenvalue weighted by Crippen LogP contribution is 2.49. The van der Waals surface area contributed by atoms with Gasteiger partial charge in [-0.1, -0.05) is 203 Å². The Hall–Kier alpha value is -12.4. The van der Waals surface area contributed by atoms with Crippen LogP contribution in [-0.4, -0.2) is 26.2 Å². The summed E-state index contributed by atoms with van der Waals surface area (Å²) in [6.45, 7) is 14.8. The Morgan fingerprint density at radius 1 is 0.391 bits per heavy atom. The van der Waals surface area contributed by atoms with Crippen LogP contribution in [0.25, 0.3) is 99.9 Å². The normalized spacial score (nSPS) is 12.2. The number of hydrogen-bond donors (Lipinski definition) is 0. The van der Waals surface area contributed by atoms with Crippen LogP contribution in [0.3, 0.4) is 0 Å². The number of anilines is 6. The molecule has 0 aliphatic carbocycles. The fourth-order valence-electron chi connectivity index (χ4n) is 13.5. The van der Waals surface area contributed by atoms with E-state index in [1.165, 1.54) is 5.56 Å². The van der Waals surface area contributed by atoms with Gasteiger partial charge in [-0.15, -0.1) is 0 Å². The van der Waals surface area contributed by atoms with Crippen molar-refractivity contribution in [3.05, 3.63) is 301 Å². The quantitative estimate of drug-likeness (QED) is 0.105. The number of benzene rings is 12. The molecular weight excluding hydrogens is 1120 g/mol. The predicted octanol–water partition coefficient (Wildman–Crippen LogP) is 18.6. The van der Waals surface area contributed by atoms with Gasteiger partial charge in [0.25, 0.3) is 6.71 Å². The van der Waals surface area contributed by atoms with Gasteiger partial charge in [0.05, 0.1) is 46.6 Å². The summed E-state index contributed by atoms with van der Waals surface area (Å²) in [5.41, 5.74) is 23.0. The highest BCUT2D eigenvalue weighted by atomic mass is 15.2. The van der Waals surface area contributed by atoms with E-state index < -0.39 is 0 Å². The van der Waals surface area contributed by atoms with Gasteiger partial charge in [0.2, 0.25) is 0 Å². The van der Waals surface area contributed by atoms with Crippen molar-refractivity contribution in [1.82, 2.24) is 19.5 Å². The molecule has 10 heteroatoms. The highest BCUT2D eigenvalue weighted by molar-refractivity contribution is 7.00. The van der Waals surface area contributed by atoms with Crippen molar-refractivity contribution in [2.45, 2.75) is 26.2 Å². The maximum absolute atomic E-state index is 10.7. The van der Waals surface area contributed by atoms with E-state index in [0.29, 0.717) is 39.9 Å². The molecule has 0 saturated heterocycles. The molecule has 430 valence electrons. The average Bonchev–Trinajstić information content (AvgIpc) is 0.714. The van der Waals surface area contributed by atoms with Gasteiger partial charge in [0, 0.05) is 61.6 Å². The molecule has 0 unspecified atom stereocenters. The van der Waals surface area contributed by atoms with Crippen LogP contribution in [0.15, 0.2) is 273 Å². The van der Waals surface area contributed by atoms with Crippen molar-refractivity contribution in [2.75, 3.05) is 9.80 Å². The van der Waals surface area contributed by atoms with E-state index in [1.807, 2.05) is 115 Å². The van der Waals surface area contributed by atoms with Gasteiger partial charge in [-0.2, -0.15) is 10.5 Å². The second-order valence-electron chi connectivity index (χ2n) is 24.5. The topological polar surface area (TPSA) is 102 Å². The number of rotatable bonds is 9. The van der Waals surface area contributed by atoms with E-state index in [9.17, 15) is 10.5 Å². The zero-order valence-electron chi connectivity index (χ0n) is 50.6. The van der Waals surface area contributed by atoms with E-state index >= 15 is 0 Å². The number of nitriles is 2. The summed E-state index contributed by atoms with van der Waals surface area (Å²) in [6, 6.07) is 99.4. The Kier molecular flexibility index (Phi) is 13.1. The minimum atomic E-state index is -0.262. The first-order chi connectivity index (χ1) is 45.1. The third-order valence-corrected chi connectivity index (χ3v) is 18.1. The molecule has 0 atom stereocenters. The lowest BCUT2D eigenvalue weighted by Crippen LogP contribution is -2.61. The van der Waals surface area contributed by atoms with Gasteiger partial charge in [0.1, 0.15) is 0 Å². The van der Waals surface area contributed by atoms with E-state index in [4.69, 9.17) is 21.5 Å². The molecule has 2 aromatic heterocycles. The summed E-state index contributed by atoms with van der Waals surface area (Å²) in [6.07, 6.45) is 0. The number of aromatic nitrogens is 4. The second-order valence-corrected chi connectivity index (χ2v) is 24.5. The third-order valence-electron chi connectivity index (χ3n) is 18.1. The van der Waals surface area contributed by atoms with E-state index in [2.05, 4.69) is 210 Å². The summed E-state index contributed by atoms with van der Waals surface area (Å²) < 4.78 is 2.31. The third kappa shape index (κ3) is 9.35. The minimum Gasteiger partial charge on any atom is -0.313 e. The molecule has 2 aliphatic heterocycles. The van der Waals surface area contributed by atoms with Crippen molar-refractivity contribution in [3.63, 3.8) is 0 Å². The molecule has 9 nitrogen and oxygen atoms in total. The van der Waals surface area contributed by atoms with Gasteiger partial charge < -0.3 is 14.4 Å². The molecule has 14 aromatic rings. The lowest BCUT2D eigenvalue weighted by Gasteiger charge is -2.44.